The molecule has 0 heterocycles. The SMILES string of the molecule is CCC(CNC(=O)CNC(=O)COc1ccccc1)c1ccccc1. The summed E-state index contributed by atoms with van der Waals surface area (Å²) in [7, 11) is 0. The third-order valence-corrected chi connectivity index (χ3v) is 3.87. The lowest BCUT2D eigenvalue weighted by Gasteiger charge is -2.16. The van der Waals surface area contributed by atoms with Gasteiger partial charge in [0.05, 0.1) is 6.54 Å². The average molecular weight is 340 g/mol. The fourth-order valence-electron chi connectivity index (χ4n) is 2.42. The van der Waals surface area contributed by atoms with E-state index in [-0.39, 0.29) is 30.9 Å². The molecular weight excluding hydrogens is 316 g/mol. The van der Waals surface area contributed by atoms with Crippen molar-refractivity contribution in [2.45, 2.75) is 19.3 Å². The molecule has 0 aliphatic heterocycles. The molecule has 2 aromatic carbocycles. The van der Waals surface area contributed by atoms with Gasteiger partial charge < -0.3 is 15.4 Å². The normalized spacial score (nSPS) is 11.4. The maximum Gasteiger partial charge on any atom is 0.258 e. The van der Waals surface area contributed by atoms with Crippen LogP contribution in [0.25, 0.3) is 0 Å². The molecule has 2 N–H and O–H groups in total. The Morgan fingerprint density at radius 2 is 1.56 bits per heavy atom. The lowest BCUT2D eigenvalue weighted by Crippen LogP contribution is -2.40. The van der Waals surface area contributed by atoms with Crippen LogP contribution >= 0.6 is 0 Å². The van der Waals surface area contributed by atoms with Gasteiger partial charge in [0.15, 0.2) is 6.61 Å². The highest BCUT2D eigenvalue weighted by atomic mass is 16.5. The number of hydrogen-bond acceptors (Lipinski definition) is 3. The van der Waals surface area contributed by atoms with E-state index in [0.717, 1.165) is 6.42 Å². The lowest BCUT2D eigenvalue weighted by molar-refractivity contribution is -0.127. The second-order valence-electron chi connectivity index (χ2n) is 5.70. The number of ether oxygens (including phenoxy) is 1. The molecule has 0 saturated carbocycles. The summed E-state index contributed by atoms with van der Waals surface area (Å²) in [5.41, 5.74) is 1.20. The number of para-hydroxylation sites is 1. The Bertz CT molecular complexity index is 659. The first kappa shape index (κ1) is 18.5. The Balaban J connectivity index is 1.67. The molecule has 132 valence electrons. The van der Waals surface area contributed by atoms with Gasteiger partial charge in [0, 0.05) is 12.5 Å². The summed E-state index contributed by atoms with van der Waals surface area (Å²) < 4.78 is 5.33. The van der Waals surface area contributed by atoms with Gasteiger partial charge in [-0.25, -0.2) is 0 Å². The van der Waals surface area contributed by atoms with Crippen molar-refractivity contribution >= 4 is 11.8 Å². The van der Waals surface area contributed by atoms with Crippen molar-refractivity contribution < 1.29 is 14.3 Å². The van der Waals surface area contributed by atoms with Crippen molar-refractivity contribution in [3.63, 3.8) is 0 Å². The van der Waals surface area contributed by atoms with Crippen LogP contribution in [-0.4, -0.2) is 31.5 Å². The molecule has 1 unspecified atom stereocenters. The fourth-order valence-corrected chi connectivity index (χ4v) is 2.42. The first-order valence-electron chi connectivity index (χ1n) is 8.45. The molecule has 2 rings (SSSR count). The first-order valence-corrected chi connectivity index (χ1v) is 8.45. The van der Waals surface area contributed by atoms with E-state index in [1.807, 2.05) is 36.4 Å². The van der Waals surface area contributed by atoms with Gasteiger partial charge in [-0.05, 0) is 24.1 Å². The Kier molecular flexibility index (Phi) is 7.50. The molecule has 0 aliphatic rings. The first-order chi connectivity index (χ1) is 12.2. The minimum Gasteiger partial charge on any atom is -0.484 e. The van der Waals surface area contributed by atoms with Crippen molar-refractivity contribution in [1.82, 2.24) is 10.6 Å². The van der Waals surface area contributed by atoms with Crippen molar-refractivity contribution in [3.05, 3.63) is 66.2 Å². The second-order valence-corrected chi connectivity index (χ2v) is 5.70. The van der Waals surface area contributed by atoms with E-state index in [2.05, 4.69) is 29.7 Å². The molecule has 2 amide bonds. The highest BCUT2D eigenvalue weighted by Gasteiger charge is 2.11. The summed E-state index contributed by atoms with van der Waals surface area (Å²) in [5, 5.41) is 5.43. The molecule has 0 aliphatic carbocycles. The molecule has 0 bridgehead atoms. The van der Waals surface area contributed by atoms with Crippen molar-refractivity contribution in [2.75, 3.05) is 19.7 Å². The highest BCUT2D eigenvalue weighted by molar-refractivity contribution is 5.85. The molecule has 0 aromatic heterocycles. The standard InChI is InChI=1S/C20H24N2O3/c1-2-16(17-9-5-3-6-10-17)13-21-19(23)14-22-20(24)15-25-18-11-7-4-8-12-18/h3-12,16H,2,13-15H2,1H3,(H,21,23)(H,22,24). The summed E-state index contributed by atoms with van der Waals surface area (Å²) >= 11 is 0. The molecule has 1 atom stereocenters. The van der Waals surface area contributed by atoms with Gasteiger partial charge in [-0.1, -0.05) is 55.5 Å². The molecular formula is C20H24N2O3. The third-order valence-electron chi connectivity index (χ3n) is 3.87. The Labute approximate surface area is 148 Å². The summed E-state index contributed by atoms with van der Waals surface area (Å²) in [6.45, 7) is 2.48. The van der Waals surface area contributed by atoms with E-state index in [1.54, 1.807) is 12.1 Å². The van der Waals surface area contributed by atoms with Gasteiger partial charge in [-0.3, -0.25) is 9.59 Å². The second kappa shape index (κ2) is 10.1. The van der Waals surface area contributed by atoms with Crippen LogP contribution in [0.15, 0.2) is 60.7 Å². The molecule has 5 heteroatoms. The number of benzene rings is 2. The molecule has 5 nitrogen and oxygen atoms in total. The number of rotatable bonds is 9. The third kappa shape index (κ3) is 6.67. The molecule has 0 spiro atoms. The van der Waals surface area contributed by atoms with Gasteiger partial charge in [0.2, 0.25) is 5.91 Å². The Morgan fingerprint density at radius 1 is 0.920 bits per heavy atom. The predicted molar refractivity (Wildman–Crippen MR) is 97.4 cm³/mol. The molecule has 25 heavy (non-hydrogen) atoms. The number of amides is 2. The van der Waals surface area contributed by atoms with Crippen LogP contribution in [0.1, 0.15) is 24.8 Å². The van der Waals surface area contributed by atoms with Crippen molar-refractivity contribution in [2.24, 2.45) is 0 Å². The number of hydrogen-bond donors (Lipinski definition) is 2. The zero-order valence-corrected chi connectivity index (χ0v) is 14.4. The van der Waals surface area contributed by atoms with E-state index in [1.165, 1.54) is 5.56 Å². The lowest BCUT2D eigenvalue weighted by atomic mass is 9.96. The fraction of sp³-hybridized carbons (Fsp3) is 0.300. The van der Waals surface area contributed by atoms with Gasteiger partial charge in [0.1, 0.15) is 5.75 Å². The van der Waals surface area contributed by atoms with Gasteiger partial charge in [0.25, 0.3) is 5.91 Å². The van der Waals surface area contributed by atoms with Crippen LogP contribution in [0.4, 0.5) is 0 Å². The largest absolute Gasteiger partial charge is 0.484 e. The predicted octanol–water partition coefficient (Wildman–Crippen LogP) is 2.49. The monoisotopic (exact) mass is 340 g/mol. The van der Waals surface area contributed by atoms with Crippen LogP contribution in [0.3, 0.4) is 0 Å². The van der Waals surface area contributed by atoms with Crippen LogP contribution in [0, 0.1) is 0 Å². The van der Waals surface area contributed by atoms with Gasteiger partial charge in [-0.15, -0.1) is 0 Å². The average Bonchev–Trinajstić information content (AvgIpc) is 2.67. The molecule has 0 radical (unpaired) electrons. The number of carbonyl (C=O) groups is 2. The van der Waals surface area contributed by atoms with E-state index in [0.29, 0.717) is 12.3 Å². The van der Waals surface area contributed by atoms with E-state index in [4.69, 9.17) is 4.74 Å². The van der Waals surface area contributed by atoms with E-state index in [9.17, 15) is 9.59 Å². The Hall–Kier alpha value is -2.82. The molecule has 0 fully saturated rings. The zero-order chi connectivity index (χ0) is 17.9. The summed E-state index contributed by atoms with van der Waals surface area (Å²) in [4.78, 5) is 23.6. The van der Waals surface area contributed by atoms with Gasteiger partial charge in [-0.2, -0.15) is 0 Å². The van der Waals surface area contributed by atoms with Crippen LogP contribution in [0.5, 0.6) is 5.75 Å². The molecule has 2 aromatic rings. The van der Waals surface area contributed by atoms with Crippen LogP contribution in [0.2, 0.25) is 0 Å². The minimum absolute atomic E-state index is 0.0534. The van der Waals surface area contributed by atoms with Crippen LogP contribution in [-0.2, 0) is 9.59 Å². The van der Waals surface area contributed by atoms with Crippen molar-refractivity contribution in [1.29, 1.82) is 0 Å². The van der Waals surface area contributed by atoms with Crippen molar-refractivity contribution in [3.8, 4) is 5.75 Å². The number of nitrogens with one attached hydrogen (secondary N) is 2. The minimum atomic E-state index is -0.325. The quantitative estimate of drug-likeness (QED) is 0.737. The maximum absolute atomic E-state index is 11.9. The summed E-state index contributed by atoms with van der Waals surface area (Å²) in [6, 6.07) is 19.2. The Morgan fingerprint density at radius 3 is 2.20 bits per heavy atom. The zero-order valence-electron chi connectivity index (χ0n) is 14.4. The topological polar surface area (TPSA) is 67.4 Å². The molecule has 0 saturated heterocycles. The van der Waals surface area contributed by atoms with E-state index < -0.39 is 0 Å². The van der Waals surface area contributed by atoms with Gasteiger partial charge >= 0.3 is 0 Å². The maximum atomic E-state index is 11.9. The number of carbonyl (C=O) groups excluding carboxylic acids is 2. The summed E-state index contributed by atoms with van der Waals surface area (Å²) in [6.07, 6.45) is 0.932. The van der Waals surface area contributed by atoms with Crippen LogP contribution < -0.4 is 15.4 Å². The van der Waals surface area contributed by atoms with E-state index >= 15 is 0 Å². The highest BCUT2D eigenvalue weighted by Crippen LogP contribution is 2.17. The smallest absolute Gasteiger partial charge is 0.258 e. The summed E-state index contributed by atoms with van der Waals surface area (Å²) in [5.74, 6) is 0.356.